The van der Waals surface area contributed by atoms with Gasteiger partial charge in [0, 0.05) is 6.42 Å². The smallest absolute Gasteiger partial charge is 0.308 e. The number of hydrogen-bond acceptors (Lipinski definition) is 5. The number of rotatable bonds is 24. The van der Waals surface area contributed by atoms with Crippen molar-refractivity contribution in [2.75, 3.05) is 6.61 Å². The number of ether oxygens (including phenoxy) is 1. The van der Waals surface area contributed by atoms with Crippen LogP contribution in [0.4, 0.5) is 0 Å². The fraction of sp³-hybridized carbons (Fsp3) is 0.889. The lowest BCUT2D eigenvalue weighted by atomic mass is 10.0. The van der Waals surface area contributed by atoms with E-state index in [1.807, 2.05) is 0 Å². The van der Waals surface area contributed by atoms with Crippen molar-refractivity contribution in [3.05, 3.63) is 12.2 Å². The van der Waals surface area contributed by atoms with E-state index in [-0.39, 0.29) is 6.42 Å². The summed E-state index contributed by atoms with van der Waals surface area (Å²) >= 11 is 0. The second-order valence-corrected chi connectivity index (χ2v) is 9.09. The van der Waals surface area contributed by atoms with Crippen LogP contribution in [0.1, 0.15) is 135 Å². The monoisotopic (exact) mass is 456 g/mol. The predicted octanol–water partition coefficient (Wildman–Crippen LogP) is 6.58. The molecule has 32 heavy (non-hydrogen) atoms. The molecule has 5 nitrogen and oxygen atoms in total. The van der Waals surface area contributed by atoms with Crippen LogP contribution in [-0.4, -0.2) is 40.3 Å². The molecule has 0 radical (unpaired) electrons. The highest BCUT2D eigenvalue weighted by molar-refractivity contribution is 5.69. The molecule has 0 fully saturated rings. The van der Waals surface area contributed by atoms with Gasteiger partial charge in [0.15, 0.2) is 0 Å². The molecule has 5 heteroatoms. The van der Waals surface area contributed by atoms with Crippen LogP contribution in [0.3, 0.4) is 0 Å². The molecule has 0 aliphatic carbocycles. The van der Waals surface area contributed by atoms with Gasteiger partial charge in [-0.05, 0) is 32.1 Å². The highest BCUT2D eigenvalue weighted by atomic mass is 16.6. The van der Waals surface area contributed by atoms with Crippen LogP contribution in [0.25, 0.3) is 0 Å². The third kappa shape index (κ3) is 22.3. The Labute approximate surface area is 197 Å². The van der Waals surface area contributed by atoms with Gasteiger partial charge in [0.1, 0.15) is 6.10 Å². The van der Waals surface area contributed by atoms with Gasteiger partial charge in [-0.1, -0.05) is 109 Å². The second kappa shape index (κ2) is 24.7. The summed E-state index contributed by atoms with van der Waals surface area (Å²) in [5.74, 6) is -0.529. The van der Waals surface area contributed by atoms with Gasteiger partial charge in [-0.25, -0.2) is 0 Å². The fourth-order valence-electron chi connectivity index (χ4n) is 3.76. The maximum Gasteiger partial charge on any atom is 0.308 e. The first-order chi connectivity index (χ1) is 15.6. The van der Waals surface area contributed by atoms with E-state index in [9.17, 15) is 9.90 Å². The summed E-state index contributed by atoms with van der Waals surface area (Å²) < 4.78 is 4.65. The zero-order valence-corrected chi connectivity index (χ0v) is 20.8. The molecule has 0 aliphatic heterocycles. The number of carbonyl (C=O) groups excluding carboxylic acids is 1. The van der Waals surface area contributed by atoms with Gasteiger partial charge in [-0.2, -0.15) is 0 Å². The number of hydrogen-bond donors (Lipinski definition) is 3. The van der Waals surface area contributed by atoms with Crippen molar-refractivity contribution in [2.24, 2.45) is 0 Å². The Hall–Kier alpha value is -0.910. The highest BCUT2D eigenvalue weighted by Crippen LogP contribution is 2.13. The Kier molecular flexibility index (Phi) is 24.0. The number of carbonyl (C=O) groups is 1. The van der Waals surface area contributed by atoms with Crippen molar-refractivity contribution in [1.29, 1.82) is 0 Å². The number of aliphatic hydroxyl groups is 3. The molecule has 0 aromatic heterocycles. The zero-order valence-electron chi connectivity index (χ0n) is 20.8. The van der Waals surface area contributed by atoms with E-state index in [2.05, 4.69) is 23.8 Å². The fourth-order valence-corrected chi connectivity index (χ4v) is 3.76. The summed E-state index contributed by atoms with van der Waals surface area (Å²) in [5.41, 5.74) is 0. The Morgan fingerprint density at radius 3 is 1.53 bits per heavy atom. The molecule has 0 aromatic rings. The first-order valence-electron chi connectivity index (χ1n) is 13.4. The lowest BCUT2D eigenvalue weighted by Crippen LogP contribution is -2.33. The molecule has 0 saturated carbocycles. The molecule has 2 unspecified atom stereocenters. The van der Waals surface area contributed by atoms with Crippen molar-refractivity contribution in [3.63, 3.8) is 0 Å². The second-order valence-electron chi connectivity index (χ2n) is 9.09. The lowest BCUT2D eigenvalue weighted by Gasteiger charge is -2.15. The maximum absolute atomic E-state index is 11.5. The summed E-state index contributed by atoms with van der Waals surface area (Å²) in [6, 6.07) is 0. The summed E-state index contributed by atoms with van der Waals surface area (Å²) in [7, 11) is 0. The SMILES string of the molecule is CCCCCCCC/C=C\CCCCCCCCCCCCCC(=O)OC(O)C(O)CO. The standard InChI is InChI=1S/C27H52O5/c1-2-3-4-5-6-7-8-9-10-11-12-13-14-15-16-17-18-19-20-21-22-23-26(30)32-27(31)25(29)24-28/h9-10,25,27-29,31H,2-8,11-24H2,1H3/b10-9-. The maximum atomic E-state index is 11.5. The van der Waals surface area contributed by atoms with Gasteiger partial charge in [0.25, 0.3) is 0 Å². The van der Waals surface area contributed by atoms with E-state index < -0.39 is 25.0 Å². The molecule has 0 heterocycles. The minimum Gasteiger partial charge on any atom is -0.433 e. The van der Waals surface area contributed by atoms with E-state index in [1.54, 1.807) is 0 Å². The highest BCUT2D eigenvalue weighted by Gasteiger charge is 2.19. The van der Waals surface area contributed by atoms with Crippen LogP contribution in [0, 0.1) is 0 Å². The van der Waals surface area contributed by atoms with Gasteiger partial charge in [0.05, 0.1) is 6.61 Å². The summed E-state index contributed by atoms with van der Waals surface area (Å²) in [4.78, 5) is 11.5. The predicted molar refractivity (Wildman–Crippen MR) is 132 cm³/mol. The molecule has 0 aliphatic rings. The summed E-state index contributed by atoms with van der Waals surface area (Å²) in [5, 5.41) is 27.1. The third-order valence-electron chi connectivity index (χ3n) is 5.91. The van der Waals surface area contributed by atoms with Crippen molar-refractivity contribution in [1.82, 2.24) is 0 Å². The van der Waals surface area contributed by atoms with Crippen LogP contribution in [0.5, 0.6) is 0 Å². The molecular weight excluding hydrogens is 404 g/mol. The van der Waals surface area contributed by atoms with Crippen molar-refractivity contribution in [3.8, 4) is 0 Å². The summed E-state index contributed by atoms with van der Waals surface area (Å²) in [6.07, 6.45) is 26.0. The van der Waals surface area contributed by atoms with Crippen LogP contribution >= 0.6 is 0 Å². The quantitative estimate of drug-likeness (QED) is 0.0661. The van der Waals surface area contributed by atoms with Crippen LogP contribution in [-0.2, 0) is 9.53 Å². The van der Waals surface area contributed by atoms with Gasteiger partial charge in [-0.15, -0.1) is 0 Å². The largest absolute Gasteiger partial charge is 0.433 e. The number of esters is 1. The molecule has 0 saturated heterocycles. The normalized spacial score (nSPS) is 13.5. The van der Waals surface area contributed by atoms with Crippen molar-refractivity contribution >= 4 is 5.97 Å². The number of allylic oxidation sites excluding steroid dienone is 2. The minimum absolute atomic E-state index is 0.240. The summed E-state index contributed by atoms with van der Waals surface area (Å²) in [6.45, 7) is 1.63. The minimum atomic E-state index is -1.64. The third-order valence-corrected chi connectivity index (χ3v) is 5.91. The first kappa shape index (κ1) is 31.1. The Morgan fingerprint density at radius 2 is 1.09 bits per heavy atom. The lowest BCUT2D eigenvalue weighted by molar-refractivity contribution is -0.190. The molecule has 0 rings (SSSR count). The molecule has 0 bridgehead atoms. The van der Waals surface area contributed by atoms with E-state index in [0.717, 1.165) is 19.3 Å². The topological polar surface area (TPSA) is 87.0 Å². The van der Waals surface area contributed by atoms with Gasteiger partial charge < -0.3 is 20.1 Å². The molecular formula is C27H52O5. The van der Waals surface area contributed by atoms with E-state index >= 15 is 0 Å². The molecule has 3 N–H and O–H groups in total. The average Bonchev–Trinajstić information content (AvgIpc) is 2.79. The van der Waals surface area contributed by atoms with E-state index in [0.29, 0.717) is 0 Å². The number of aliphatic hydroxyl groups excluding tert-OH is 3. The van der Waals surface area contributed by atoms with Crippen LogP contribution in [0.15, 0.2) is 12.2 Å². The van der Waals surface area contributed by atoms with Gasteiger partial charge >= 0.3 is 5.97 Å². The van der Waals surface area contributed by atoms with Crippen molar-refractivity contribution < 1.29 is 24.9 Å². The molecule has 0 spiro atoms. The molecule has 0 aromatic carbocycles. The molecule has 190 valence electrons. The van der Waals surface area contributed by atoms with E-state index in [1.165, 1.54) is 103 Å². The van der Waals surface area contributed by atoms with Gasteiger partial charge in [0.2, 0.25) is 6.29 Å². The molecule has 0 amide bonds. The van der Waals surface area contributed by atoms with Gasteiger partial charge in [-0.3, -0.25) is 4.79 Å². The zero-order chi connectivity index (χ0) is 23.7. The Balaban J connectivity index is 3.23. The number of unbranched alkanes of at least 4 members (excludes halogenated alkanes) is 17. The first-order valence-corrected chi connectivity index (χ1v) is 13.4. The Bertz CT molecular complexity index is 424. The van der Waals surface area contributed by atoms with Crippen LogP contribution in [0.2, 0.25) is 0 Å². The van der Waals surface area contributed by atoms with E-state index in [4.69, 9.17) is 10.2 Å². The Morgan fingerprint density at radius 1 is 0.688 bits per heavy atom. The van der Waals surface area contributed by atoms with Crippen LogP contribution < -0.4 is 0 Å². The van der Waals surface area contributed by atoms with Crippen molar-refractivity contribution in [2.45, 2.75) is 148 Å². The molecule has 2 atom stereocenters. The average molecular weight is 457 g/mol.